The summed E-state index contributed by atoms with van der Waals surface area (Å²) in [6, 6.07) is 0. The van der Waals surface area contributed by atoms with Crippen LogP contribution in [0.3, 0.4) is 0 Å². The normalized spacial score (nSPS) is 11.4. The molecular weight excluding hydrogens is 146 g/mol. The predicted octanol–water partition coefficient (Wildman–Crippen LogP) is -1.44. The van der Waals surface area contributed by atoms with Crippen molar-refractivity contribution in [1.29, 1.82) is 0 Å². The third kappa shape index (κ3) is 3.62. The summed E-state index contributed by atoms with van der Waals surface area (Å²) in [5.74, 6) is -1.22. The molecule has 0 heterocycles. The molecule has 4 heteroatoms. The van der Waals surface area contributed by atoms with E-state index < -0.39 is 5.97 Å². The second-order valence-corrected chi connectivity index (χ2v) is 2.28. The Morgan fingerprint density at radius 1 is 1.64 bits per heavy atom. The van der Waals surface area contributed by atoms with Crippen LogP contribution < -0.4 is 5.11 Å². The summed E-state index contributed by atoms with van der Waals surface area (Å²) in [7, 11) is 3.22. The molecule has 0 aliphatic heterocycles. The average molecular weight is 158 g/mol. The lowest BCUT2D eigenvalue weighted by Crippen LogP contribution is -2.31. The van der Waals surface area contributed by atoms with Crippen molar-refractivity contribution in [3.63, 3.8) is 0 Å². The highest BCUT2D eigenvalue weighted by atomic mass is 16.4. The van der Waals surface area contributed by atoms with Gasteiger partial charge in [0, 0.05) is 20.7 Å². The van der Waals surface area contributed by atoms with E-state index in [-0.39, 0.29) is 12.3 Å². The quantitative estimate of drug-likeness (QED) is 0.509. The van der Waals surface area contributed by atoms with Crippen LogP contribution in [0.25, 0.3) is 0 Å². The second kappa shape index (κ2) is 4.73. The summed E-state index contributed by atoms with van der Waals surface area (Å²) in [4.78, 5) is 11.8. The van der Waals surface area contributed by atoms with Crippen molar-refractivity contribution in [1.82, 2.24) is 4.90 Å². The van der Waals surface area contributed by atoms with Gasteiger partial charge in [0.2, 0.25) is 0 Å². The first kappa shape index (κ1) is 9.97. The Morgan fingerprint density at radius 3 is 2.45 bits per heavy atom. The van der Waals surface area contributed by atoms with E-state index in [9.17, 15) is 9.90 Å². The Kier molecular flexibility index (Phi) is 4.29. The molecule has 0 spiro atoms. The zero-order valence-electron chi connectivity index (χ0n) is 6.70. The standard InChI is InChI=1S/C7H13NO3/c1-8(2)6(7(10)11)4-3-5-9/h4,9H,3,5H2,1-2H3,(H,10,11)/p-1/b6-4+. The maximum absolute atomic E-state index is 10.3. The van der Waals surface area contributed by atoms with Gasteiger partial charge in [0.25, 0.3) is 0 Å². The Balaban J connectivity index is 4.21. The van der Waals surface area contributed by atoms with Gasteiger partial charge in [-0.2, -0.15) is 0 Å². The van der Waals surface area contributed by atoms with Crippen LogP contribution in [0, 0.1) is 0 Å². The predicted molar refractivity (Wildman–Crippen MR) is 38.5 cm³/mol. The lowest BCUT2D eigenvalue weighted by atomic mass is 10.3. The Labute approximate surface area is 65.7 Å². The highest BCUT2D eigenvalue weighted by Crippen LogP contribution is 1.97. The first-order chi connectivity index (χ1) is 5.09. The Morgan fingerprint density at radius 2 is 2.18 bits per heavy atom. The fourth-order valence-corrected chi connectivity index (χ4v) is 0.650. The van der Waals surface area contributed by atoms with Crippen molar-refractivity contribution in [3.05, 3.63) is 11.8 Å². The number of carbonyl (C=O) groups is 1. The summed E-state index contributed by atoms with van der Waals surface area (Å²) in [6.45, 7) is -0.0510. The first-order valence-electron chi connectivity index (χ1n) is 3.29. The van der Waals surface area contributed by atoms with E-state index in [1.54, 1.807) is 14.1 Å². The van der Waals surface area contributed by atoms with Gasteiger partial charge in [0.1, 0.15) is 0 Å². The third-order valence-electron chi connectivity index (χ3n) is 1.16. The maximum atomic E-state index is 10.3. The number of likely N-dealkylation sites (N-methyl/N-ethyl adjacent to an activating group) is 1. The average Bonchev–Trinajstić information content (AvgIpc) is 1.87. The SMILES string of the molecule is CN(C)/C(=C/CCO)C(=O)[O-]. The topological polar surface area (TPSA) is 63.6 Å². The van der Waals surface area contributed by atoms with Gasteiger partial charge in [-0.05, 0) is 6.42 Å². The molecule has 0 aliphatic carbocycles. The minimum Gasteiger partial charge on any atom is -0.543 e. The van der Waals surface area contributed by atoms with E-state index in [0.717, 1.165) is 0 Å². The zero-order chi connectivity index (χ0) is 8.85. The van der Waals surface area contributed by atoms with E-state index in [0.29, 0.717) is 6.42 Å². The molecule has 0 aromatic carbocycles. The van der Waals surface area contributed by atoms with Crippen molar-refractivity contribution >= 4 is 5.97 Å². The van der Waals surface area contributed by atoms with Crippen LogP contribution in [0.1, 0.15) is 6.42 Å². The van der Waals surface area contributed by atoms with Gasteiger partial charge >= 0.3 is 0 Å². The molecule has 0 aromatic rings. The molecule has 0 saturated carbocycles. The molecule has 0 fully saturated rings. The summed E-state index contributed by atoms with van der Waals surface area (Å²) in [5.41, 5.74) is 0.0963. The number of nitrogens with zero attached hydrogens (tertiary/aromatic N) is 1. The van der Waals surface area contributed by atoms with Gasteiger partial charge < -0.3 is 19.9 Å². The number of carboxylic acids is 1. The summed E-state index contributed by atoms with van der Waals surface area (Å²) < 4.78 is 0. The molecule has 0 radical (unpaired) electrons. The zero-order valence-corrected chi connectivity index (χ0v) is 6.70. The number of aliphatic carboxylic acids is 1. The molecule has 0 aliphatic rings. The van der Waals surface area contributed by atoms with E-state index in [1.807, 2.05) is 0 Å². The van der Waals surface area contributed by atoms with Gasteiger partial charge in [-0.3, -0.25) is 0 Å². The molecular formula is C7H12NO3-. The Bertz CT molecular complexity index is 163. The molecule has 4 nitrogen and oxygen atoms in total. The first-order valence-corrected chi connectivity index (χ1v) is 3.29. The van der Waals surface area contributed by atoms with Crippen LogP contribution in [-0.4, -0.2) is 36.7 Å². The number of aliphatic hydroxyl groups is 1. The minimum absolute atomic E-state index is 0.0510. The fourth-order valence-electron chi connectivity index (χ4n) is 0.650. The highest BCUT2D eigenvalue weighted by Gasteiger charge is 1.98. The number of aliphatic hydroxyl groups excluding tert-OH is 1. The molecule has 0 atom stereocenters. The molecule has 11 heavy (non-hydrogen) atoms. The van der Waals surface area contributed by atoms with Crippen molar-refractivity contribution < 1.29 is 15.0 Å². The van der Waals surface area contributed by atoms with Crippen LogP contribution in [0.4, 0.5) is 0 Å². The van der Waals surface area contributed by atoms with Gasteiger partial charge in [0.05, 0.1) is 11.7 Å². The van der Waals surface area contributed by atoms with Crippen molar-refractivity contribution in [2.45, 2.75) is 6.42 Å². The van der Waals surface area contributed by atoms with Crippen LogP contribution in [-0.2, 0) is 4.79 Å². The smallest absolute Gasteiger partial charge is 0.0873 e. The van der Waals surface area contributed by atoms with Gasteiger partial charge in [-0.1, -0.05) is 6.08 Å². The number of carboxylic acid groups (broad SMARTS) is 1. The maximum Gasteiger partial charge on any atom is 0.0873 e. The van der Waals surface area contributed by atoms with Crippen molar-refractivity contribution in [2.24, 2.45) is 0 Å². The summed E-state index contributed by atoms with van der Waals surface area (Å²) >= 11 is 0. The van der Waals surface area contributed by atoms with Crippen LogP contribution in [0.2, 0.25) is 0 Å². The molecule has 64 valence electrons. The van der Waals surface area contributed by atoms with Crippen LogP contribution in [0.15, 0.2) is 11.8 Å². The highest BCUT2D eigenvalue weighted by molar-refractivity contribution is 5.83. The van der Waals surface area contributed by atoms with Gasteiger partial charge in [0.15, 0.2) is 0 Å². The van der Waals surface area contributed by atoms with E-state index in [4.69, 9.17) is 5.11 Å². The van der Waals surface area contributed by atoms with Gasteiger partial charge in [-0.15, -0.1) is 0 Å². The molecule has 0 saturated heterocycles. The second-order valence-electron chi connectivity index (χ2n) is 2.28. The molecule has 0 amide bonds. The Hall–Kier alpha value is -1.03. The molecule has 0 bridgehead atoms. The summed E-state index contributed by atoms with van der Waals surface area (Å²) in [5, 5.41) is 18.7. The lowest BCUT2D eigenvalue weighted by molar-refractivity contribution is -0.301. The number of hydrogen-bond donors (Lipinski definition) is 1. The van der Waals surface area contributed by atoms with E-state index in [2.05, 4.69) is 0 Å². The van der Waals surface area contributed by atoms with Crippen LogP contribution >= 0.6 is 0 Å². The third-order valence-corrected chi connectivity index (χ3v) is 1.16. The molecule has 0 aromatic heterocycles. The number of rotatable bonds is 4. The largest absolute Gasteiger partial charge is 0.543 e. The lowest BCUT2D eigenvalue weighted by Gasteiger charge is -2.17. The molecule has 1 N–H and O–H groups in total. The minimum atomic E-state index is -1.22. The number of carbonyl (C=O) groups excluding carboxylic acids is 1. The van der Waals surface area contributed by atoms with Gasteiger partial charge in [-0.25, -0.2) is 0 Å². The number of hydrogen-bond acceptors (Lipinski definition) is 4. The van der Waals surface area contributed by atoms with Crippen molar-refractivity contribution in [2.75, 3.05) is 20.7 Å². The van der Waals surface area contributed by atoms with E-state index in [1.165, 1.54) is 11.0 Å². The molecule has 0 rings (SSSR count). The molecule has 0 unspecified atom stereocenters. The van der Waals surface area contributed by atoms with Crippen molar-refractivity contribution in [3.8, 4) is 0 Å². The fraction of sp³-hybridized carbons (Fsp3) is 0.571. The van der Waals surface area contributed by atoms with E-state index >= 15 is 0 Å². The monoisotopic (exact) mass is 158 g/mol. The summed E-state index contributed by atoms with van der Waals surface area (Å²) in [6.07, 6.45) is 1.76. The van der Waals surface area contributed by atoms with Crippen LogP contribution in [0.5, 0.6) is 0 Å².